The SMILES string of the molecule is c1ccc(COc2ccccc2P2N(c3ccccc3)C[C@@H]3CCCN32)cc1. The highest BCUT2D eigenvalue weighted by Gasteiger charge is 2.44. The molecule has 2 aliphatic rings. The molecule has 142 valence electrons. The zero-order chi connectivity index (χ0) is 18.8. The predicted octanol–water partition coefficient (Wildman–Crippen LogP) is 5.19. The van der Waals surface area contributed by atoms with Crippen LogP contribution >= 0.6 is 8.22 Å². The molecule has 28 heavy (non-hydrogen) atoms. The molecule has 2 heterocycles. The molecule has 0 saturated carbocycles. The molecule has 2 saturated heterocycles. The molecular weight excluding hydrogens is 363 g/mol. The molecule has 2 fully saturated rings. The molecule has 1 unspecified atom stereocenters. The Morgan fingerprint density at radius 3 is 2.39 bits per heavy atom. The first-order chi connectivity index (χ1) is 13.9. The van der Waals surface area contributed by atoms with Gasteiger partial charge in [0.15, 0.2) is 0 Å². The maximum Gasteiger partial charge on any atom is 0.130 e. The molecule has 3 nitrogen and oxygen atoms in total. The van der Waals surface area contributed by atoms with Crippen molar-refractivity contribution in [1.29, 1.82) is 0 Å². The van der Waals surface area contributed by atoms with E-state index in [-0.39, 0.29) is 0 Å². The number of rotatable bonds is 5. The lowest BCUT2D eigenvalue weighted by atomic mass is 10.2. The topological polar surface area (TPSA) is 15.7 Å². The average molecular weight is 388 g/mol. The van der Waals surface area contributed by atoms with Crippen LogP contribution in [0.2, 0.25) is 0 Å². The molecule has 0 radical (unpaired) electrons. The zero-order valence-electron chi connectivity index (χ0n) is 15.9. The normalized spacial score (nSPS) is 21.6. The summed E-state index contributed by atoms with van der Waals surface area (Å²) in [5, 5.41) is 1.33. The van der Waals surface area contributed by atoms with E-state index >= 15 is 0 Å². The largest absolute Gasteiger partial charge is 0.488 e. The lowest BCUT2D eigenvalue weighted by Crippen LogP contribution is -2.24. The lowest BCUT2D eigenvalue weighted by Gasteiger charge is -2.31. The Balaban J connectivity index is 1.47. The van der Waals surface area contributed by atoms with Crippen LogP contribution in [0.3, 0.4) is 0 Å². The Morgan fingerprint density at radius 1 is 0.857 bits per heavy atom. The molecule has 2 aliphatic heterocycles. The Bertz CT molecular complexity index is 918. The average Bonchev–Trinajstić information content (AvgIpc) is 3.35. The highest BCUT2D eigenvalue weighted by atomic mass is 31.1. The van der Waals surface area contributed by atoms with Gasteiger partial charge in [0, 0.05) is 24.8 Å². The van der Waals surface area contributed by atoms with Crippen molar-refractivity contribution in [3.63, 3.8) is 0 Å². The first-order valence-electron chi connectivity index (χ1n) is 10.0. The van der Waals surface area contributed by atoms with Gasteiger partial charge in [-0.1, -0.05) is 60.7 Å². The van der Waals surface area contributed by atoms with Crippen LogP contribution in [0.5, 0.6) is 5.75 Å². The van der Waals surface area contributed by atoms with E-state index in [9.17, 15) is 0 Å². The quantitative estimate of drug-likeness (QED) is 0.560. The second-order valence-corrected chi connectivity index (χ2v) is 9.47. The molecule has 0 aliphatic carbocycles. The Labute approximate surface area is 168 Å². The van der Waals surface area contributed by atoms with Gasteiger partial charge in [0.1, 0.15) is 20.6 Å². The van der Waals surface area contributed by atoms with Crippen LogP contribution in [-0.2, 0) is 6.61 Å². The molecular formula is C24H25N2OP. The van der Waals surface area contributed by atoms with E-state index in [4.69, 9.17) is 4.74 Å². The Hall–Kier alpha value is -2.35. The van der Waals surface area contributed by atoms with Gasteiger partial charge < -0.3 is 9.41 Å². The van der Waals surface area contributed by atoms with Crippen molar-refractivity contribution in [2.24, 2.45) is 0 Å². The Morgan fingerprint density at radius 2 is 1.57 bits per heavy atom. The summed E-state index contributed by atoms with van der Waals surface area (Å²) in [4.78, 5) is 0. The van der Waals surface area contributed by atoms with Crippen molar-refractivity contribution in [1.82, 2.24) is 4.67 Å². The van der Waals surface area contributed by atoms with Crippen LogP contribution in [0.1, 0.15) is 18.4 Å². The smallest absolute Gasteiger partial charge is 0.130 e. The van der Waals surface area contributed by atoms with Gasteiger partial charge in [0.05, 0.1) is 5.30 Å². The van der Waals surface area contributed by atoms with Crippen LogP contribution in [0.15, 0.2) is 84.9 Å². The van der Waals surface area contributed by atoms with E-state index in [2.05, 4.69) is 88.2 Å². The highest BCUT2D eigenvalue weighted by Crippen LogP contribution is 2.56. The predicted molar refractivity (Wildman–Crippen MR) is 117 cm³/mol. The van der Waals surface area contributed by atoms with Gasteiger partial charge in [-0.25, -0.2) is 0 Å². The van der Waals surface area contributed by atoms with Crippen molar-refractivity contribution >= 4 is 19.2 Å². The second kappa shape index (κ2) is 7.95. The highest BCUT2D eigenvalue weighted by molar-refractivity contribution is 7.65. The molecule has 3 aromatic rings. The van der Waals surface area contributed by atoms with Gasteiger partial charge in [0.25, 0.3) is 0 Å². The van der Waals surface area contributed by atoms with Crippen molar-refractivity contribution in [3.05, 3.63) is 90.5 Å². The molecule has 0 bridgehead atoms. The maximum atomic E-state index is 6.33. The number of fused-ring (bicyclic) bond motifs is 1. The third kappa shape index (κ3) is 3.41. The van der Waals surface area contributed by atoms with Crippen molar-refractivity contribution in [3.8, 4) is 5.75 Å². The van der Waals surface area contributed by atoms with Gasteiger partial charge in [-0.05, 0) is 42.7 Å². The number of benzene rings is 3. The van der Waals surface area contributed by atoms with E-state index in [1.165, 1.54) is 35.9 Å². The molecule has 0 N–H and O–H groups in total. The second-order valence-electron chi connectivity index (χ2n) is 7.41. The first kappa shape index (κ1) is 17.7. The first-order valence-corrected chi connectivity index (χ1v) is 11.3. The van der Waals surface area contributed by atoms with Crippen LogP contribution < -0.4 is 14.7 Å². The molecule has 5 rings (SSSR count). The standard InChI is InChI=1S/C24H25N2OP/c1-3-10-20(11-4-1)19-27-23-15-7-8-16-24(23)28-25-17-9-14-22(25)18-26(28)21-12-5-2-6-13-21/h1-8,10-13,15-16,22H,9,14,17-19H2/t22-,28?/m0/s1. The van der Waals surface area contributed by atoms with Gasteiger partial charge in [-0.15, -0.1) is 0 Å². The molecule has 0 amide bonds. The summed E-state index contributed by atoms with van der Waals surface area (Å²) in [6.45, 7) is 2.91. The summed E-state index contributed by atoms with van der Waals surface area (Å²) < 4.78 is 11.7. The summed E-state index contributed by atoms with van der Waals surface area (Å²) in [5.74, 6) is 1.02. The monoisotopic (exact) mass is 388 g/mol. The van der Waals surface area contributed by atoms with Crippen molar-refractivity contribution < 1.29 is 4.74 Å². The fraction of sp³-hybridized carbons (Fsp3) is 0.250. The van der Waals surface area contributed by atoms with E-state index in [1.54, 1.807) is 0 Å². The van der Waals surface area contributed by atoms with Gasteiger partial charge >= 0.3 is 0 Å². The van der Waals surface area contributed by atoms with Crippen LogP contribution in [0.25, 0.3) is 0 Å². The minimum absolute atomic E-state index is 0.580. The van der Waals surface area contributed by atoms with Crippen LogP contribution in [-0.4, -0.2) is 23.8 Å². The number of hydrogen-bond donors (Lipinski definition) is 0. The van der Waals surface area contributed by atoms with Crippen LogP contribution in [0, 0.1) is 0 Å². The van der Waals surface area contributed by atoms with E-state index in [0.29, 0.717) is 12.6 Å². The van der Waals surface area contributed by atoms with Crippen molar-refractivity contribution in [2.45, 2.75) is 25.5 Å². The number of ether oxygens (including phenoxy) is 1. The van der Waals surface area contributed by atoms with Crippen LogP contribution in [0.4, 0.5) is 5.69 Å². The zero-order valence-corrected chi connectivity index (χ0v) is 16.8. The van der Waals surface area contributed by atoms with Gasteiger partial charge in [-0.2, -0.15) is 0 Å². The fourth-order valence-corrected chi connectivity index (χ4v) is 7.13. The summed E-state index contributed by atoms with van der Waals surface area (Å²) >= 11 is 0. The molecule has 0 aromatic heterocycles. The summed E-state index contributed by atoms with van der Waals surface area (Å²) in [6.07, 6.45) is 2.61. The molecule has 0 spiro atoms. The minimum Gasteiger partial charge on any atom is -0.488 e. The molecule has 2 atom stereocenters. The third-order valence-electron chi connectivity index (χ3n) is 5.57. The summed E-state index contributed by atoms with van der Waals surface area (Å²) in [5.41, 5.74) is 2.52. The van der Waals surface area contributed by atoms with Gasteiger partial charge in [-0.3, -0.25) is 4.67 Å². The van der Waals surface area contributed by atoms with E-state index < -0.39 is 8.22 Å². The summed E-state index contributed by atoms with van der Waals surface area (Å²) in [7, 11) is -0.580. The number of anilines is 1. The van der Waals surface area contributed by atoms with E-state index in [0.717, 1.165) is 12.3 Å². The number of hydrogen-bond acceptors (Lipinski definition) is 3. The number of nitrogens with zero attached hydrogens (tertiary/aromatic N) is 2. The van der Waals surface area contributed by atoms with Gasteiger partial charge in [0.2, 0.25) is 0 Å². The maximum absolute atomic E-state index is 6.33. The Kier molecular flexibility index (Phi) is 5.03. The number of para-hydroxylation sites is 2. The molecule has 4 heteroatoms. The molecule has 3 aromatic carbocycles. The third-order valence-corrected chi connectivity index (χ3v) is 8.24. The lowest BCUT2D eigenvalue weighted by molar-refractivity contribution is 0.308. The summed E-state index contributed by atoms with van der Waals surface area (Å²) in [6, 6.07) is 30.6. The fourth-order valence-electron chi connectivity index (χ4n) is 4.23. The minimum atomic E-state index is -0.580. The van der Waals surface area contributed by atoms with E-state index in [1.807, 2.05) is 6.07 Å². The van der Waals surface area contributed by atoms with Crippen molar-refractivity contribution in [2.75, 3.05) is 17.8 Å².